The Hall–Kier alpha value is -1.71. The Bertz CT molecular complexity index is 550. The highest BCUT2D eigenvalue weighted by molar-refractivity contribution is 14.0. The van der Waals surface area contributed by atoms with Crippen molar-refractivity contribution in [3.05, 3.63) is 24.3 Å². The third-order valence-electron chi connectivity index (χ3n) is 3.51. The molecule has 7 nitrogen and oxygen atoms in total. The SMILES string of the molecule is CCCNC(=NCC(=O)N(C)C)N(C)CCOc1ccc(OC)cc1.I. The average molecular weight is 478 g/mol. The number of carbonyl (C=O) groups excluding carboxylic acids is 1. The van der Waals surface area contributed by atoms with Gasteiger partial charge in [0.05, 0.1) is 13.7 Å². The number of nitrogens with one attached hydrogen (secondary N) is 1. The summed E-state index contributed by atoms with van der Waals surface area (Å²) in [7, 11) is 7.02. The van der Waals surface area contributed by atoms with Gasteiger partial charge in [0.2, 0.25) is 5.91 Å². The van der Waals surface area contributed by atoms with Gasteiger partial charge in [-0.15, -0.1) is 24.0 Å². The summed E-state index contributed by atoms with van der Waals surface area (Å²) in [4.78, 5) is 19.6. The second-order valence-corrected chi connectivity index (χ2v) is 5.80. The van der Waals surface area contributed by atoms with Gasteiger partial charge in [0.25, 0.3) is 0 Å². The van der Waals surface area contributed by atoms with Crippen molar-refractivity contribution in [2.24, 2.45) is 4.99 Å². The maximum absolute atomic E-state index is 11.7. The number of nitrogens with zero attached hydrogens (tertiary/aromatic N) is 3. The van der Waals surface area contributed by atoms with E-state index >= 15 is 0 Å². The highest BCUT2D eigenvalue weighted by Crippen LogP contribution is 2.16. The number of amides is 1. The lowest BCUT2D eigenvalue weighted by Crippen LogP contribution is -2.42. The van der Waals surface area contributed by atoms with Crippen molar-refractivity contribution in [1.82, 2.24) is 15.1 Å². The fourth-order valence-corrected chi connectivity index (χ4v) is 1.91. The van der Waals surface area contributed by atoms with Crippen LogP contribution in [-0.4, -0.2) is 76.2 Å². The molecule has 0 radical (unpaired) electrons. The van der Waals surface area contributed by atoms with Crippen LogP contribution in [0.5, 0.6) is 11.5 Å². The molecule has 0 aliphatic heterocycles. The summed E-state index contributed by atoms with van der Waals surface area (Å²) in [5.74, 6) is 2.26. The van der Waals surface area contributed by atoms with Gasteiger partial charge in [0, 0.05) is 27.7 Å². The third-order valence-corrected chi connectivity index (χ3v) is 3.51. The van der Waals surface area contributed by atoms with Gasteiger partial charge in [-0.3, -0.25) is 4.79 Å². The molecule has 1 amide bonds. The molecule has 1 rings (SSSR count). The van der Waals surface area contributed by atoms with Crippen LogP contribution in [0.2, 0.25) is 0 Å². The van der Waals surface area contributed by atoms with Crippen LogP contribution in [0.4, 0.5) is 0 Å². The zero-order valence-electron chi connectivity index (χ0n) is 16.3. The van der Waals surface area contributed by atoms with Crippen molar-refractivity contribution < 1.29 is 14.3 Å². The largest absolute Gasteiger partial charge is 0.497 e. The number of likely N-dealkylation sites (N-methyl/N-ethyl adjacent to an activating group) is 2. The van der Waals surface area contributed by atoms with Gasteiger partial charge >= 0.3 is 0 Å². The van der Waals surface area contributed by atoms with Crippen LogP contribution in [-0.2, 0) is 4.79 Å². The van der Waals surface area contributed by atoms with E-state index in [-0.39, 0.29) is 36.4 Å². The minimum atomic E-state index is -0.0290. The summed E-state index contributed by atoms with van der Waals surface area (Å²) < 4.78 is 10.9. The Kier molecular flexibility index (Phi) is 12.6. The number of benzene rings is 1. The molecular formula is C18H31IN4O3. The van der Waals surface area contributed by atoms with Crippen LogP contribution in [0, 0.1) is 0 Å². The Labute approximate surface area is 173 Å². The number of ether oxygens (including phenoxy) is 2. The first-order chi connectivity index (χ1) is 12.0. The zero-order valence-corrected chi connectivity index (χ0v) is 18.6. The first-order valence-electron chi connectivity index (χ1n) is 8.44. The van der Waals surface area contributed by atoms with E-state index in [0.717, 1.165) is 24.5 Å². The first kappa shape index (κ1) is 24.3. The lowest BCUT2D eigenvalue weighted by molar-refractivity contribution is -0.127. The topological polar surface area (TPSA) is 66.4 Å². The molecule has 0 aliphatic rings. The summed E-state index contributed by atoms with van der Waals surface area (Å²) in [6, 6.07) is 7.47. The lowest BCUT2D eigenvalue weighted by Gasteiger charge is -2.22. The summed E-state index contributed by atoms with van der Waals surface area (Å²) in [6.07, 6.45) is 0.983. The predicted octanol–water partition coefficient (Wildman–Crippen LogP) is 2.07. The molecule has 0 unspecified atom stereocenters. The van der Waals surface area contributed by atoms with E-state index in [1.54, 1.807) is 21.2 Å². The standard InChI is InChI=1S/C18H30N4O3.HI/c1-6-11-19-18(20-14-17(23)21(2)3)22(4)12-13-25-16-9-7-15(24-5)8-10-16;/h7-10H,6,11-14H2,1-5H3,(H,19,20);1H. The fraction of sp³-hybridized carbons (Fsp3) is 0.556. The van der Waals surface area contributed by atoms with Gasteiger partial charge in [-0.2, -0.15) is 0 Å². The molecule has 0 spiro atoms. The summed E-state index contributed by atoms with van der Waals surface area (Å²) >= 11 is 0. The quantitative estimate of drug-likeness (QED) is 0.335. The van der Waals surface area contributed by atoms with Crippen LogP contribution < -0.4 is 14.8 Å². The Morgan fingerprint density at radius 3 is 2.31 bits per heavy atom. The molecule has 0 aliphatic carbocycles. The van der Waals surface area contributed by atoms with E-state index in [9.17, 15) is 4.79 Å². The number of methoxy groups -OCH3 is 1. The summed E-state index contributed by atoms with van der Waals surface area (Å²) in [6.45, 7) is 4.18. The molecule has 8 heteroatoms. The van der Waals surface area contributed by atoms with Crippen molar-refractivity contribution in [2.75, 3.05) is 54.5 Å². The number of rotatable bonds is 9. The Morgan fingerprint density at radius 2 is 1.77 bits per heavy atom. The zero-order chi connectivity index (χ0) is 18.7. The molecule has 1 aromatic carbocycles. The molecule has 0 aromatic heterocycles. The van der Waals surface area contributed by atoms with Crippen molar-refractivity contribution in [3.8, 4) is 11.5 Å². The lowest BCUT2D eigenvalue weighted by atomic mass is 10.3. The molecule has 0 saturated carbocycles. The molecule has 0 heterocycles. The predicted molar refractivity (Wildman–Crippen MR) is 116 cm³/mol. The molecule has 1 N–H and O–H groups in total. The van der Waals surface area contributed by atoms with E-state index in [0.29, 0.717) is 19.1 Å². The van der Waals surface area contributed by atoms with Gasteiger partial charge in [0.1, 0.15) is 24.7 Å². The number of hydrogen-bond acceptors (Lipinski definition) is 4. The van der Waals surface area contributed by atoms with Gasteiger partial charge in [-0.1, -0.05) is 6.92 Å². The van der Waals surface area contributed by atoms with Crippen LogP contribution in [0.1, 0.15) is 13.3 Å². The second-order valence-electron chi connectivity index (χ2n) is 5.80. The maximum Gasteiger partial charge on any atom is 0.243 e. The average Bonchev–Trinajstić information content (AvgIpc) is 2.61. The summed E-state index contributed by atoms with van der Waals surface area (Å²) in [5, 5.41) is 3.26. The molecule has 0 fully saturated rings. The third kappa shape index (κ3) is 9.12. The number of hydrogen-bond donors (Lipinski definition) is 1. The number of guanidine groups is 1. The Balaban J connectivity index is 0.00000625. The van der Waals surface area contributed by atoms with Crippen molar-refractivity contribution >= 4 is 35.8 Å². The van der Waals surface area contributed by atoms with E-state index in [4.69, 9.17) is 9.47 Å². The van der Waals surface area contributed by atoms with Crippen LogP contribution in [0.15, 0.2) is 29.3 Å². The van der Waals surface area contributed by atoms with Crippen LogP contribution >= 0.6 is 24.0 Å². The smallest absolute Gasteiger partial charge is 0.243 e. The summed E-state index contributed by atoms with van der Waals surface area (Å²) in [5.41, 5.74) is 0. The molecule has 1 aromatic rings. The second kappa shape index (κ2) is 13.5. The minimum absolute atomic E-state index is 0. The first-order valence-corrected chi connectivity index (χ1v) is 8.44. The monoisotopic (exact) mass is 478 g/mol. The number of halogens is 1. The van der Waals surface area contributed by atoms with Crippen molar-refractivity contribution in [2.45, 2.75) is 13.3 Å². The van der Waals surface area contributed by atoms with Gasteiger partial charge in [-0.05, 0) is 30.7 Å². The molecule has 0 bridgehead atoms. The van der Waals surface area contributed by atoms with Gasteiger partial charge in [0.15, 0.2) is 5.96 Å². The molecule has 0 atom stereocenters. The maximum atomic E-state index is 11.7. The van der Waals surface area contributed by atoms with E-state index < -0.39 is 0 Å². The molecule has 0 saturated heterocycles. The molecular weight excluding hydrogens is 447 g/mol. The minimum Gasteiger partial charge on any atom is -0.497 e. The highest BCUT2D eigenvalue weighted by Gasteiger charge is 2.09. The number of carbonyl (C=O) groups is 1. The number of aliphatic imine (C=N–C) groups is 1. The van der Waals surface area contributed by atoms with E-state index in [1.165, 1.54) is 4.90 Å². The fourth-order valence-electron chi connectivity index (χ4n) is 1.91. The van der Waals surface area contributed by atoms with E-state index in [2.05, 4.69) is 17.2 Å². The van der Waals surface area contributed by atoms with E-state index in [1.807, 2.05) is 36.2 Å². The van der Waals surface area contributed by atoms with Crippen LogP contribution in [0.3, 0.4) is 0 Å². The van der Waals surface area contributed by atoms with Crippen LogP contribution in [0.25, 0.3) is 0 Å². The molecule has 26 heavy (non-hydrogen) atoms. The Morgan fingerprint density at radius 1 is 1.15 bits per heavy atom. The highest BCUT2D eigenvalue weighted by atomic mass is 127. The molecule has 148 valence electrons. The van der Waals surface area contributed by atoms with Crippen molar-refractivity contribution in [3.63, 3.8) is 0 Å². The van der Waals surface area contributed by atoms with Gasteiger partial charge < -0.3 is 24.6 Å². The van der Waals surface area contributed by atoms with Crippen molar-refractivity contribution in [1.29, 1.82) is 0 Å². The van der Waals surface area contributed by atoms with Gasteiger partial charge in [-0.25, -0.2) is 4.99 Å². The normalized spacial score (nSPS) is 10.6.